The van der Waals surface area contributed by atoms with Crippen LogP contribution < -0.4 is 15.4 Å². The maximum Gasteiger partial charge on any atom is 0.294 e. The molecule has 0 aliphatic carbocycles. The molecule has 1 aromatic carbocycles. The van der Waals surface area contributed by atoms with Crippen LogP contribution in [0.15, 0.2) is 59.3 Å². The molecule has 2 N–H and O–H groups in total. The maximum absolute atomic E-state index is 13.3. The zero-order valence-electron chi connectivity index (χ0n) is 22.4. The highest BCUT2D eigenvalue weighted by molar-refractivity contribution is 6.17. The summed E-state index contributed by atoms with van der Waals surface area (Å²) in [6.45, 7) is 3.19. The number of carbonyl (C=O) groups excluding carboxylic acids is 3. The van der Waals surface area contributed by atoms with Crippen LogP contribution >= 0.6 is 0 Å². The second-order valence-corrected chi connectivity index (χ2v) is 9.24. The first-order valence-electron chi connectivity index (χ1n) is 12.2. The fourth-order valence-electron chi connectivity index (χ4n) is 3.79. The Labute approximate surface area is 225 Å². The maximum atomic E-state index is 13.3. The van der Waals surface area contributed by atoms with E-state index in [2.05, 4.69) is 20.6 Å². The summed E-state index contributed by atoms with van der Waals surface area (Å²) in [5.74, 6) is -0.900. The quantitative estimate of drug-likeness (QED) is 0.335. The highest BCUT2D eigenvalue weighted by atomic mass is 16.5. The van der Waals surface area contributed by atoms with Crippen LogP contribution in [0.4, 0.5) is 11.5 Å². The number of nitrogens with one attached hydrogen (secondary N) is 2. The zero-order chi connectivity index (χ0) is 28.1. The minimum atomic E-state index is -0.610. The molecule has 4 aromatic rings. The second-order valence-electron chi connectivity index (χ2n) is 9.24. The number of furan rings is 1. The first-order valence-corrected chi connectivity index (χ1v) is 12.2. The van der Waals surface area contributed by atoms with Crippen molar-refractivity contribution in [1.29, 1.82) is 0 Å². The van der Waals surface area contributed by atoms with E-state index in [4.69, 9.17) is 9.15 Å². The molecule has 0 bridgehead atoms. The first-order chi connectivity index (χ1) is 18.7. The van der Waals surface area contributed by atoms with E-state index in [0.29, 0.717) is 28.9 Å². The number of rotatable bonds is 9. The van der Waals surface area contributed by atoms with E-state index in [9.17, 15) is 14.4 Å². The fraction of sp³-hybridized carbons (Fsp3) is 0.250. The minimum Gasteiger partial charge on any atom is -0.480 e. The van der Waals surface area contributed by atoms with Crippen molar-refractivity contribution in [2.45, 2.75) is 6.92 Å². The molecular weight excluding hydrogens is 500 g/mol. The summed E-state index contributed by atoms with van der Waals surface area (Å²) in [5.41, 5.74) is 2.09. The van der Waals surface area contributed by atoms with E-state index in [0.717, 1.165) is 12.1 Å². The number of aryl methyl sites for hydroxylation is 1. The number of likely N-dealkylation sites (N-methyl/N-ethyl adjacent to an activating group) is 2. The van der Waals surface area contributed by atoms with Crippen LogP contribution in [0.2, 0.25) is 0 Å². The number of aromatic nitrogens is 2. The molecule has 11 nitrogen and oxygen atoms in total. The van der Waals surface area contributed by atoms with Crippen molar-refractivity contribution >= 4 is 40.2 Å². The third-order valence-corrected chi connectivity index (χ3v) is 5.98. The fourth-order valence-corrected chi connectivity index (χ4v) is 3.79. The molecule has 0 aliphatic rings. The summed E-state index contributed by atoms with van der Waals surface area (Å²) in [5, 5.41) is 5.79. The van der Waals surface area contributed by atoms with E-state index in [1.165, 1.54) is 13.3 Å². The van der Waals surface area contributed by atoms with Gasteiger partial charge in [0.25, 0.3) is 17.7 Å². The number of amides is 3. The number of pyridine rings is 2. The lowest BCUT2D eigenvalue weighted by Gasteiger charge is -2.19. The zero-order valence-corrected chi connectivity index (χ0v) is 22.4. The van der Waals surface area contributed by atoms with Crippen molar-refractivity contribution in [3.05, 3.63) is 77.3 Å². The van der Waals surface area contributed by atoms with Gasteiger partial charge in [0.1, 0.15) is 22.5 Å². The molecule has 0 radical (unpaired) electrons. The van der Waals surface area contributed by atoms with Crippen LogP contribution in [0.25, 0.3) is 11.0 Å². The van der Waals surface area contributed by atoms with E-state index >= 15 is 0 Å². The van der Waals surface area contributed by atoms with E-state index in [-0.39, 0.29) is 28.8 Å². The number of methoxy groups -OCH3 is 1. The molecule has 0 unspecified atom stereocenters. The largest absolute Gasteiger partial charge is 0.480 e. The van der Waals surface area contributed by atoms with Crippen molar-refractivity contribution in [2.24, 2.45) is 0 Å². The van der Waals surface area contributed by atoms with Gasteiger partial charge in [-0.05, 0) is 56.9 Å². The molecular formula is C28H30N6O5. The van der Waals surface area contributed by atoms with Gasteiger partial charge >= 0.3 is 0 Å². The predicted molar refractivity (Wildman–Crippen MR) is 147 cm³/mol. The highest BCUT2D eigenvalue weighted by Gasteiger charge is 2.26. The predicted octanol–water partition coefficient (Wildman–Crippen LogP) is 3.68. The summed E-state index contributed by atoms with van der Waals surface area (Å²) < 4.78 is 11.2. The summed E-state index contributed by atoms with van der Waals surface area (Å²) in [7, 11) is 7.04. The summed E-state index contributed by atoms with van der Waals surface area (Å²) in [6.07, 6.45) is 3.10. The molecule has 0 aliphatic heterocycles. The SMILES string of the molecule is COc1nccc2oc(C(=O)Nc3ccc(C)cn3)c(NC(=O)c3ccc(C(=O)N(C)CCN(C)C)cc3)c12. The topological polar surface area (TPSA) is 130 Å². The number of hydrogen-bond donors (Lipinski definition) is 2. The Balaban J connectivity index is 1.60. The van der Waals surface area contributed by atoms with E-state index in [1.54, 1.807) is 54.5 Å². The van der Waals surface area contributed by atoms with Crippen LogP contribution in [0.5, 0.6) is 5.88 Å². The Morgan fingerprint density at radius 2 is 1.62 bits per heavy atom. The standard InChI is InChI=1S/C28H30N6O5/c1-17-6-11-21(30-16-17)31-26(36)24-23(22-20(39-24)12-13-29-27(22)38-5)32-25(35)18-7-9-19(10-8-18)28(37)34(4)15-14-33(2)3/h6-13,16H,14-15H2,1-5H3,(H,32,35)(H,30,31,36). The van der Waals surface area contributed by atoms with Gasteiger partial charge in [-0.3, -0.25) is 14.4 Å². The van der Waals surface area contributed by atoms with Crippen molar-refractivity contribution in [3.8, 4) is 5.88 Å². The molecule has 0 spiro atoms. The molecule has 4 rings (SSSR count). The lowest BCUT2D eigenvalue weighted by molar-refractivity contribution is 0.0785. The monoisotopic (exact) mass is 530 g/mol. The summed E-state index contributed by atoms with van der Waals surface area (Å²) in [4.78, 5) is 51.2. The van der Waals surface area contributed by atoms with Crippen LogP contribution in [-0.4, -0.2) is 78.8 Å². The Hall–Kier alpha value is -4.77. The molecule has 11 heteroatoms. The molecule has 3 heterocycles. The number of hydrogen-bond acceptors (Lipinski definition) is 8. The van der Waals surface area contributed by atoms with Gasteiger partial charge in [-0.1, -0.05) is 6.07 Å². The molecule has 0 saturated carbocycles. The Kier molecular flexibility index (Phi) is 8.21. The van der Waals surface area contributed by atoms with Gasteiger partial charge in [0.15, 0.2) is 0 Å². The normalized spacial score (nSPS) is 10.9. The lowest BCUT2D eigenvalue weighted by Crippen LogP contribution is -2.33. The number of ether oxygens (including phenoxy) is 1. The Morgan fingerprint density at radius 1 is 0.897 bits per heavy atom. The van der Waals surface area contributed by atoms with Crippen molar-refractivity contribution in [2.75, 3.05) is 52.0 Å². The lowest BCUT2D eigenvalue weighted by atomic mass is 10.1. The minimum absolute atomic E-state index is 0.105. The van der Waals surface area contributed by atoms with E-state index < -0.39 is 11.8 Å². The van der Waals surface area contributed by atoms with Crippen molar-refractivity contribution in [1.82, 2.24) is 19.8 Å². The van der Waals surface area contributed by atoms with Crippen LogP contribution in [0.1, 0.15) is 36.8 Å². The van der Waals surface area contributed by atoms with Gasteiger partial charge in [0, 0.05) is 49.7 Å². The Bertz CT molecular complexity index is 1500. The second kappa shape index (κ2) is 11.7. The molecule has 202 valence electrons. The molecule has 3 aromatic heterocycles. The highest BCUT2D eigenvalue weighted by Crippen LogP contribution is 2.37. The van der Waals surface area contributed by atoms with Crippen LogP contribution in [-0.2, 0) is 0 Å². The van der Waals surface area contributed by atoms with Gasteiger partial charge in [-0.15, -0.1) is 0 Å². The van der Waals surface area contributed by atoms with Gasteiger partial charge in [0.05, 0.1) is 7.11 Å². The molecule has 39 heavy (non-hydrogen) atoms. The number of carbonyl (C=O) groups is 3. The molecule has 0 saturated heterocycles. The van der Waals surface area contributed by atoms with Gasteiger partial charge < -0.3 is 29.6 Å². The summed E-state index contributed by atoms with van der Waals surface area (Å²) in [6, 6.07) is 11.3. The third kappa shape index (κ3) is 6.21. The average molecular weight is 531 g/mol. The van der Waals surface area contributed by atoms with Crippen molar-refractivity contribution in [3.63, 3.8) is 0 Å². The number of nitrogens with zero attached hydrogens (tertiary/aromatic N) is 4. The summed E-state index contributed by atoms with van der Waals surface area (Å²) >= 11 is 0. The van der Waals surface area contributed by atoms with Gasteiger partial charge in [-0.2, -0.15) is 0 Å². The smallest absolute Gasteiger partial charge is 0.294 e. The molecule has 3 amide bonds. The molecule has 0 fully saturated rings. The molecule has 0 atom stereocenters. The van der Waals surface area contributed by atoms with Crippen LogP contribution in [0.3, 0.4) is 0 Å². The van der Waals surface area contributed by atoms with Gasteiger partial charge in [-0.25, -0.2) is 9.97 Å². The number of anilines is 2. The first kappa shape index (κ1) is 27.3. The van der Waals surface area contributed by atoms with Gasteiger partial charge in [0.2, 0.25) is 11.6 Å². The Morgan fingerprint density at radius 3 is 2.26 bits per heavy atom. The van der Waals surface area contributed by atoms with Crippen molar-refractivity contribution < 1.29 is 23.5 Å². The number of benzene rings is 1. The third-order valence-electron chi connectivity index (χ3n) is 5.98. The van der Waals surface area contributed by atoms with E-state index in [1.807, 2.05) is 32.0 Å². The number of fused-ring (bicyclic) bond motifs is 1. The van der Waals surface area contributed by atoms with Crippen LogP contribution in [0, 0.1) is 6.92 Å². The average Bonchev–Trinajstić information content (AvgIpc) is 3.31.